The molecule has 0 fully saturated rings. The van der Waals surface area contributed by atoms with Crippen LogP contribution in [-0.4, -0.2) is 57.2 Å². The van der Waals surface area contributed by atoms with Crippen molar-refractivity contribution in [3.63, 3.8) is 0 Å². The number of thiophene rings is 1. The molecule has 13 nitrogen and oxygen atoms in total. The molecule has 0 amide bonds. The molecule has 0 saturated heterocycles. The fourth-order valence-corrected chi connectivity index (χ4v) is 20.8. The minimum Gasteiger partial charge on any atom is -0.510 e. The normalized spacial score (nSPS) is 13.1. The zero-order chi connectivity index (χ0) is 95.0. The van der Waals surface area contributed by atoms with E-state index in [1.807, 2.05) is 146 Å². The first-order valence-corrected chi connectivity index (χ1v) is 48.6. The first-order valence-electron chi connectivity index (χ1n) is 47.8. The van der Waals surface area contributed by atoms with Gasteiger partial charge in [-0.05, 0) is 200 Å². The van der Waals surface area contributed by atoms with Gasteiger partial charge in [0.25, 0.3) is 0 Å². The predicted molar refractivity (Wildman–Crippen MR) is 581 cm³/mol. The largest absolute Gasteiger partial charge is 3.00 e. The molecular weight excluding hydrogens is 2290 g/mol. The second-order valence-electron chi connectivity index (χ2n) is 35.9. The summed E-state index contributed by atoms with van der Waals surface area (Å²) in [6, 6.07) is 150. The number of aromatic nitrogens is 5. The van der Waals surface area contributed by atoms with Crippen molar-refractivity contribution in [1.82, 2.24) is 29.0 Å². The molecule has 4 aromatic heterocycles. The second-order valence-corrected chi connectivity index (χ2v) is 37.0. The molecule has 0 bridgehead atoms. The van der Waals surface area contributed by atoms with Gasteiger partial charge < -0.3 is 43.8 Å². The van der Waals surface area contributed by atoms with Gasteiger partial charge in [0, 0.05) is 108 Å². The fourth-order valence-electron chi connectivity index (χ4n) is 19.7. The molecule has 25 rings (SSSR count). The van der Waals surface area contributed by atoms with Crippen molar-refractivity contribution in [1.29, 1.82) is 0 Å². The number of nitrogens with zero attached hydrogens (tertiary/aromatic N) is 13. The molecule has 8 heterocycles. The fraction of sp³-hybridized carbons (Fsp3) is 0.136. The topological polar surface area (TPSA) is 66.5 Å². The zero-order valence-electron chi connectivity index (χ0n) is 81.1. The van der Waals surface area contributed by atoms with Gasteiger partial charge >= 0.3 is 40.2 Å². The van der Waals surface area contributed by atoms with E-state index < -0.39 is 0 Å². The second kappa shape index (κ2) is 44.9. The van der Waals surface area contributed by atoms with Crippen molar-refractivity contribution in [2.75, 3.05) is 62.5 Å². The molecule has 142 heavy (non-hydrogen) atoms. The van der Waals surface area contributed by atoms with Crippen LogP contribution in [0.5, 0.6) is 0 Å². The Morgan fingerprint density at radius 2 is 0.732 bits per heavy atom. The van der Waals surface area contributed by atoms with Crippen LogP contribution in [0, 0.1) is 90.8 Å². The molecule has 711 valence electrons. The third kappa shape index (κ3) is 20.8. The van der Waals surface area contributed by atoms with E-state index in [-0.39, 0.29) is 65.7 Å². The van der Waals surface area contributed by atoms with Crippen LogP contribution in [-0.2, 0) is 65.7 Å². The van der Waals surface area contributed by atoms with Gasteiger partial charge in [-0.3, -0.25) is 9.36 Å². The Balaban J connectivity index is 0.000000122. The van der Waals surface area contributed by atoms with Gasteiger partial charge in [-0.1, -0.05) is 214 Å². The molecule has 0 spiro atoms. The summed E-state index contributed by atoms with van der Waals surface area (Å²) in [5.41, 5.74) is 34.7. The van der Waals surface area contributed by atoms with E-state index in [1.165, 1.54) is 165 Å². The average molecular weight is 2400 g/mol. The van der Waals surface area contributed by atoms with Crippen molar-refractivity contribution >= 4 is 110 Å². The maximum atomic E-state index is 4.37. The maximum absolute atomic E-state index is 4.37. The Morgan fingerprint density at radius 3 is 1.22 bits per heavy atom. The van der Waals surface area contributed by atoms with Crippen molar-refractivity contribution < 1.29 is 60.3 Å². The minimum atomic E-state index is 0. The Labute approximate surface area is 881 Å². The van der Waals surface area contributed by atoms with Crippen molar-refractivity contribution in [3.05, 3.63) is 479 Å². The van der Waals surface area contributed by atoms with Crippen LogP contribution in [0.3, 0.4) is 0 Å². The summed E-state index contributed by atoms with van der Waals surface area (Å²) in [5.74, 6) is 0. The van der Waals surface area contributed by atoms with Crippen LogP contribution in [0.25, 0.3) is 104 Å². The molecule has 1 aliphatic carbocycles. The number of para-hydroxylation sites is 11. The first-order chi connectivity index (χ1) is 68.1. The number of fused-ring (bicyclic) bond motifs is 12. The molecule has 5 aliphatic rings. The number of unbranched alkanes of at least 4 members (excludes halogenated alkanes) is 2. The van der Waals surface area contributed by atoms with Gasteiger partial charge in [0.1, 0.15) is 0 Å². The minimum absolute atomic E-state index is 0. The Hall–Kier alpha value is -14.0. The van der Waals surface area contributed by atoms with Gasteiger partial charge in [0.05, 0.1) is 22.4 Å². The zero-order valence-corrected chi connectivity index (χ0v) is 89.1. The molecule has 16 aromatic carbocycles. The number of benzene rings is 16. The monoisotopic (exact) mass is 2400 g/mol. The summed E-state index contributed by atoms with van der Waals surface area (Å²) in [7, 11) is 8.25. The van der Waals surface area contributed by atoms with E-state index in [9.17, 15) is 0 Å². The summed E-state index contributed by atoms with van der Waals surface area (Å²) in [6.45, 7) is 21.1. The predicted octanol–water partition coefficient (Wildman–Crippen LogP) is 31.1. The summed E-state index contributed by atoms with van der Waals surface area (Å²) in [4.78, 5) is 17.1. The number of anilines is 10. The van der Waals surface area contributed by atoms with Gasteiger partial charge in [-0.2, -0.15) is 170 Å². The van der Waals surface area contributed by atoms with Crippen LogP contribution >= 0.6 is 11.3 Å². The van der Waals surface area contributed by atoms with Crippen LogP contribution in [0.2, 0.25) is 0 Å². The van der Waals surface area contributed by atoms with E-state index in [2.05, 4.69) is 444 Å². The van der Waals surface area contributed by atoms with Crippen molar-refractivity contribution in [3.8, 4) is 61.6 Å². The van der Waals surface area contributed by atoms with E-state index in [0.29, 0.717) is 0 Å². The SMILES string of the molecule is CCCCC1(CCCC)c2ccccc2-c2ccc(-c3c[c-]c(N4[CH-]N(C)c5ccccc54)cc3)cc21.CN1C=CN(c2[c-]cc(-c3ccc4c(c3)sc3ccccc34)cc2)[CH-]1.CN1[CH-]N(c2[c-]cc(-c3ccc4c5ccccc5n(-c5ccccc5)c4c3)cc2)c2ccccc21.CN1[CH-]N(c2[c-]cccc2)c2ccccc21.Cc1cc(C)n(-c2[c-]cccc2)n1.Cc1cc(C)n(-c2[c-]cccc2)n1.[Ir+3].[Ir+3].[Ir]. The van der Waals surface area contributed by atoms with Crippen LogP contribution in [0.1, 0.15) is 86.3 Å². The van der Waals surface area contributed by atoms with Gasteiger partial charge in [0.2, 0.25) is 0 Å². The van der Waals surface area contributed by atoms with Gasteiger partial charge in [0.15, 0.2) is 0 Å². The Morgan fingerprint density at radius 1 is 0.324 bits per heavy atom. The van der Waals surface area contributed by atoms with E-state index in [4.69, 9.17) is 0 Å². The summed E-state index contributed by atoms with van der Waals surface area (Å²) in [5, 5.41) is 13.9. The first kappa shape index (κ1) is 99.6. The van der Waals surface area contributed by atoms with E-state index in [0.717, 1.165) is 62.5 Å². The van der Waals surface area contributed by atoms with Crippen molar-refractivity contribution in [2.45, 2.75) is 85.5 Å². The molecule has 0 saturated carbocycles. The Kier molecular flexibility index (Phi) is 31.5. The third-order valence-corrected chi connectivity index (χ3v) is 27.6. The van der Waals surface area contributed by atoms with Crippen molar-refractivity contribution in [2.24, 2.45) is 0 Å². The number of aryl methyl sites for hydroxylation is 4. The smallest absolute Gasteiger partial charge is 0.510 e. The molecule has 4 aliphatic heterocycles. The van der Waals surface area contributed by atoms with Crippen LogP contribution in [0.4, 0.5) is 56.9 Å². The molecule has 0 N–H and O–H groups in total. The maximum Gasteiger partial charge on any atom is 3.00 e. The number of hydrogen-bond donors (Lipinski definition) is 0. The molecule has 0 atom stereocenters. The average Bonchev–Trinajstić information content (AvgIpc) is 1.56. The molecule has 20 aromatic rings. The molecule has 1 radical (unpaired) electrons. The van der Waals surface area contributed by atoms with Crippen LogP contribution < -0.4 is 34.3 Å². The van der Waals surface area contributed by atoms with E-state index in [1.54, 1.807) is 5.56 Å². The number of hydrogen-bond acceptors (Lipinski definition) is 11. The molecular formula is C125H109Ir3N13S-4. The summed E-state index contributed by atoms with van der Waals surface area (Å²) < 4.78 is 8.83. The number of rotatable bonds is 16. The Bertz CT molecular complexity index is 7620. The third-order valence-electron chi connectivity index (χ3n) is 26.4. The molecule has 0 unspecified atom stereocenters. The summed E-state index contributed by atoms with van der Waals surface area (Å²) in [6.07, 6.45) is 11.5. The van der Waals surface area contributed by atoms with Gasteiger partial charge in [-0.15, -0.1) is 81.1 Å². The standard InChI is InChI=1S/C35H36N2.C32H23N3.C22H16N2S.C14H12N2.2C11H11N2.3Ir/c1-4-6-22-35(23-7-5-2)31-13-9-8-12-29(31)30-21-18-27(24-32(30)35)26-16-19-28(20-17-26)37-25-36(3)33-14-10-11-15-34(33)37;1-33-22-34(31-14-8-7-13-30(31)33)25-18-15-23(16-19-25)24-17-20-28-27-11-5-6-12-29(27)35(32(28)21-24)26-9-3-2-4-10-26;1-23-12-13-24(15-23)18-9-6-16(7-10-18)17-8-11-20-19-4-2-3-5-21(19)25-22(20)14-17;1-15-11-16(12-7-3-2-4-8-12)14-10-6-5-9-13(14)15;2*1-9-8-10(2)13(12-9)11-6-4-3-5-7-11;;;/h8-19,21,24-25H,4-7,22-23H2,1-3H3;2-18,20-22H,1H3;2-9,11-15H,1H3;2-7,9-11H,1H3;2*3-6,8H,1-2H3;;;/q4*-2;2*-1;;2*+3. The summed E-state index contributed by atoms with van der Waals surface area (Å²) >= 11 is 1.86. The molecule has 17 heteroatoms. The van der Waals surface area contributed by atoms with Crippen LogP contribution in [0.15, 0.2) is 382 Å². The van der Waals surface area contributed by atoms with E-state index >= 15 is 0 Å². The quantitative estimate of drug-likeness (QED) is 0.0874. The van der Waals surface area contributed by atoms with Gasteiger partial charge in [-0.25, -0.2) is 0 Å².